The Bertz CT molecular complexity index is 330. The van der Waals surface area contributed by atoms with Gasteiger partial charge in [-0.25, -0.2) is 0 Å². The lowest BCUT2D eigenvalue weighted by Crippen LogP contribution is -2.20. The maximum atomic E-state index is 12.1. The lowest BCUT2D eigenvalue weighted by molar-refractivity contribution is -0.138. The van der Waals surface area contributed by atoms with Crippen LogP contribution in [0.25, 0.3) is 0 Å². The smallest absolute Gasteiger partial charge is 0.390 e. The van der Waals surface area contributed by atoms with Gasteiger partial charge >= 0.3 is 6.18 Å². The van der Waals surface area contributed by atoms with Crippen LogP contribution in [-0.4, -0.2) is 13.3 Å². The van der Waals surface area contributed by atoms with E-state index in [2.05, 4.69) is 0 Å². The summed E-state index contributed by atoms with van der Waals surface area (Å²) in [5.74, 6) is 0.384. The molecule has 0 fully saturated rings. The van der Waals surface area contributed by atoms with Crippen molar-refractivity contribution in [2.24, 2.45) is 5.73 Å². The monoisotopic (exact) mass is 255 g/mol. The minimum Gasteiger partial charge on any atom is -0.496 e. The second-order valence-corrected chi connectivity index (χ2v) is 3.17. The zero-order valence-corrected chi connectivity index (χ0v) is 9.44. The maximum Gasteiger partial charge on any atom is 0.390 e. The summed E-state index contributed by atoms with van der Waals surface area (Å²) in [6.45, 7) is 0. The normalized spacial score (nSPS) is 12.8. The van der Waals surface area contributed by atoms with Crippen LogP contribution in [0.4, 0.5) is 13.2 Å². The molecule has 2 nitrogen and oxygen atoms in total. The van der Waals surface area contributed by atoms with Crippen molar-refractivity contribution in [1.29, 1.82) is 0 Å². The second-order valence-electron chi connectivity index (χ2n) is 3.17. The fourth-order valence-electron chi connectivity index (χ4n) is 1.33. The Balaban J connectivity index is 0.00000225. The minimum atomic E-state index is -4.26. The van der Waals surface area contributed by atoms with Crippen LogP contribution in [0.5, 0.6) is 5.75 Å². The molecule has 92 valence electrons. The first-order valence-corrected chi connectivity index (χ1v) is 4.39. The van der Waals surface area contributed by atoms with Crippen LogP contribution in [0.15, 0.2) is 24.3 Å². The molecule has 0 radical (unpaired) electrons. The molecule has 0 unspecified atom stereocenters. The van der Waals surface area contributed by atoms with Crippen molar-refractivity contribution in [3.63, 3.8) is 0 Å². The second kappa shape index (κ2) is 5.96. The van der Waals surface area contributed by atoms with Crippen LogP contribution >= 0.6 is 12.4 Å². The molecule has 0 saturated carbocycles. The van der Waals surface area contributed by atoms with Gasteiger partial charge in [-0.2, -0.15) is 13.2 Å². The van der Waals surface area contributed by atoms with E-state index in [4.69, 9.17) is 10.5 Å². The summed E-state index contributed by atoms with van der Waals surface area (Å²) in [5.41, 5.74) is 5.83. The predicted molar refractivity (Wildman–Crippen MR) is 57.8 cm³/mol. The van der Waals surface area contributed by atoms with Crippen molar-refractivity contribution in [2.45, 2.75) is 18.6 Å². The highest BCUT2D eigenvalue weighted by Gasteiger charge is 2.31. The molecule has 0 heterocycles. The molecular weight excluding hydrogens is 243 g/mol. The molecule has 0 aliphatic rings. The molecule has 0 aliphatic heterocycles. The third-order valence-corrected chi connectivity index (χ3v) is 1.99. The van der Waals surface area contributed by atoms with E-state index in [1.807, 2.05) is 0 Å². The number of halogens is 4. The van der Waals surface area contributed by atoms with Gasteiger partial charge in [-0.15, -0.1) is 12.4 Å². The van der Waals surface area contributed by atoms with Gasteiger partial charge in [0, 0.05) is 11.6 Å². The van der Waals surface area contributed by atoms with Gasteiger partial charge in [-0.3, -0.25) is 0 Å². The average molecular weight is 256 g/mol. The summed E-state index contributed by atoms with van der Waals surface area (Å²) in [6, 6.07) is 5.36. The van der Waals surface area contributed by atoms with E-state index >= 15 is 0 Å². The molecular formula is C10H13ClF3NO. The summed E-state index contributed by atoms with van der Waals surface area (Å²) in [4.78, 5) is 0. The van der Waals surface area contributed by atoms with E-state index in [-0.39, 0.29) is 12.4 Å². The zero-order chi connectivity index (χ0) is 11.5. The van der Waals surface area contributed by atoms with Crippen LogP contribution in [0.2, 0.25) is 0 Å². The standard InChI is InChI=1S/C10H12F3NO.ClH/c1-15-9-5-3-2-4-7(9)8(14)6-10(11,12)13;/h2-5,8H,6,14H2,1H3;1H/t8-;/m1./s1. The van der Waals surface area contributed by atoms with Crippen molar-refractivity contribution in [1.82, 2.24) is 0 Å². The van der Waals surface area contributed by atoms with E-state index in [0.29, 0.717) is 11.3 Å². The number of benzene rings is 1. The molecule has 0 spiro atoms. The molecule has 1 aromatic carbocycles. The van der Waals surface area contributed by atoms with Crippen LogP contribution in [0, 0.1) is 0 Å². The highest BCUT2D eigenvalue weighted by atomic mass is 35.5. The number of rotatable bonds is 3. The molecule has 6 heteroatoms. The zero-order valence-electron chi connectivity index (χ0n) is 8.62. The number of para-hydroxylation sites is 1. The Labute approximate surface area is 98.0 Å². The van der Waals surface area contributed by atoms with Crippen LogP contribution in [-0.2, 0) is 0 Å². The third kappa shape index (κ3) is 4.28. The Kier molecular flexibility index (Phi) is 5.61. The molecule has 0 saturated heterocycles. The number of nitrogens with two attached hydrogens (primary N) is 1. The van der Waals surface area contributed by atoms with E-state index in [0.717, 1.165) is 0 Å². The Morgan fingerprint density at radius 2 is 1.88 bits per heavy atom. The summed E-state index contributed by atoms with van der Waals surface area (Å²) >= 11 is 0. The van der Waals surface area contributed by atoms with Gasteiger partial charge < -0.3 is 10.5 Å². The number of alkyl halides is 3. The van der Waals surface area contributed by atoms with Crippen LogP contribution < -0.4 is 10.5 Å². The van der Waals surface area contributed by atoms with Crippen molar-refractivity contribution in [3.8, 4) is 5.75 Å². The minimum absolute atomic E-state index is 0. The fourth-order valence-corrected chi connectivity index (χ4v) is 1.33. The Hall–Kier alpha value is -0.940. The Morgan fingerprint density at radius 1 is 1.31 bits per heavy atom. The first kappa shape index (κ1) is 15.1. The van der Waals surface area contributed by atoms with E-state index < -0.39 is 18.6 Å². The first-order valence-electron chi connectivity index (χ1n) is 4.39. The van der Waals surface area contributed by atoms with Gasteiger partial charge in [0.15, 0.2) is 0 Å². The van der Waals surface area contributed by atoms with E-state index in [1.54, 1.807) is 18.2 Å². The highest BCUT2D eigenvalue weighted by Crippen LogP contribution is 2.31. The third-order valence-electron chi connectivity index (χ3n) is 1.99. The van der Waals surface area contributed by atoms with E-state index in [1.165, 1.54) is 13.2 Å². The summed E-state index contributed by atoms with van der Waals surface area (Å²) in [5, 5.41) is 0. The van der Waals surface area contributed by atoms with Gasteiger partial charge in [0.2, 0.25) is 0 Å². The van der Waals surface area contributed by atoms with Gasteiger partial charge in [0.05, 0.1) is 13.5 Å². The number of hydrogen-bond donors (Lipinski definition) is 1. The highest BCUT2D eigenvalue weighted by molar-refractivity contribution is 5.85. The van der Waals surface area contributed by atoms with Crippen molar-refractivity contribution in [2.75, 3.05) is 7.11 Å². The molecule has 0 bridgehead atoms. The van der Waals surface area contributed by atoms with Gasteiger partial charge in [-0.05, 0) is 6.07 Å². The molecule has 1 rings (SSSR count). The molecule has 0 aromatic heterocycles. The SMILES string of the molecule is COc1ccccc1[C@H](N)CC(F)(F)F.Cl. The Morgan fingerprint density at radius 3 is 2.38 bits per heavy atom. The fraction of sp³-hybridized carbons (Fsp3) is 0.400. The summed E-state index contributed by atoms with van der Waals surface area (Å²) in [6.07, 6.45) is -5.31. The summed E-state index contributed by atoms with van der Waals surface area (Å²) in [7, 11) is 1.40. The van der Waals surface area contributed by atoms with E-state index in [9.17, 15) is 13.2 Å². The molecule has 0 aliphatic carbocycles. The number of ether oxygens (including phenoxy) is 1. The number of methoxy groups -OCH3 is 1. The lowest BCUT2D eigenvalue weighted by Gasteiger charge is -2.16. The molecule has 0 amide bonds. The first-order chi connectivity index (χ1) is 6.94. The van der Waals surface area contributed by atoms with Gasteiger partial charge in [0.1, 0.15) is 5.75 Å². The molecule has 1 atom stereocenters. The van der Waals surface area contributed by atoms with Gasteiger partial charge in [-0.1, -0.05) is 18.2 Å². The average Bonchev–Trinajstić information content (AvgIpc) is 2.15. The number of hydrogen-bond acceptors (Lipinski definition) is 2. The van der Waals surface area contributed by atoms with Crippen LogP contribution in [0.1, 0.15) is 18.0 Å². The topological polar surface area (TPSA) is 35.2 Å². The largest absolute Gasteiger partial charge is 0.496 e. The van der Waals surface area contributed by atoms with Crippen molar-refractivity contribution < 1.29 is 17.9 Å². The van der Waals surface area contributed by atoms with Crippen LogP contribution in [0.3, 0.4) is 0 Å². The van der Waals surface area contributed by atoms with Crippen molar-refractivity contribution in [3.05, 3.63) is 29.8 Å². The summed E-state index contributed by atoms with van der Waals surface area (Å²) < 4.78 is 41.3. The maximum absolute atomic E-state index is 12.1. The molecule has 16 heavy (non-hydrogen) atoms. The van der Waals surface area contributed by atoms with Crippen molar-refractivity contribution >= 4 is 12.4 Å². The van der Waals surface area contributed by atoms with Gasteiger partial charge in [0.25, 0.3) is 0 Å². The lowest BCUT2D eigenvalue weighted by atomic mass is 10.0. The molecule has 1 aromatic rings. The predicted octanol–water partition coefficient (Wildman–Crippen LogP) is 3.07. The quantitative estimate of drug-likeness (QED) is 0.901. The molecule has 2 N–H and O–H groups in total.